The maximum atomic E-state index is 14.5. The van der Waals surface area contributed by atoms with Gasteiger partial charge in [-0.15, -0.1) is 0 Å². The first-order valence-electron chi connectivity index (χ1n) is 15.6. The molecule has 0 saturated carbocycles. The van der Waals surface area contributed by atoms with E-state index in [0.29, 0.717) is 17.3 Å². The quantitative estimate of drug-likeness (QED) is 0.209. The predicted molar refractivity (Wildman–Crippen MR) is 177 cm³/mol. The minimum Gasteiger partial charge on any atom is -0.444 e. The number of alkyl carbamates (subject to hydrolysis) is 1. The molecule has 0 saturated heterocycles. The van der Waals surface area contributed by atoms with Gasteiger partial charge in [0, 0.05) is 6.54 Å². The first-order chi connectivity index (χ1) is 20.2. The number of carbonyl (C=O) groups is 3. The fourth-order valence-electron chi connectivity index (χ4n) is 5.06. The van der Waals surface area contributed by atoms with Crippen LogP contribution in [0.15, 0.2) is 36.4 Å². The molecule has 2 rings (SSSR count). The van der Waals surface area contributed by atoms with Gasteiger partial charge in [0.05, 0.1) is 10.7 Å². The van der Waals surface area contributed by atoms with Gasteiger partial charge in [-0.1, -0.05) is 94.8 Å². The van der Waals surface area contributed by atoms with Crippen LogP contribution in [-0.4, -0.2) is 41.0 Å². The molecule has 0 spiro atoms. The number of aryl methyl sites for hydroxylation is 2. The van der Waals surface area contributed by atoms with Gasteiger partial charge in [0.15, 0.2) is 0 Å². The third kappa shape index (κ3) is 10.9. The predicted octanol–water partition coefficient (Wildman–Crippen LogP) is 8.68. The molecule has 43 heavy (non-hydrogen) atoms. The molecule has 3 amide bonds. The van der Waals surface area contributed by atoms with E-state index in [2.05, 4.69) is 17.6 Å². The summed E-state index contributed by atoms with van der Waals surface area (Å²) >= 11 is 6.51. The number of hydrogen-bond acceptors (Lipinski definition) is 4. The SMILES string of the molecule is CCCCCCCCN(C(=O)C(NC(=O)OC(C)(C)C)C(C)C)C(C(=O)Nc1c(C)cccc1Cl)c1cccc(C)c1C. The summed E-state index contributed by atoms with van der Waals surface area (Å²) in [5.41, 5.74) is 3.30. The molecule has 0 aliphatic carbocycles. The Balaban J connectivity index is 2.60. The van der Waals surface area contributed by atoms with Crippen LogP contribution < -0.4 is 10.6 Å². The van der Waals surface area contributed by atoms with Gasteiger partial charge in [0.1, 0.15) is 17.7 Å². The number of amides is 3. The van der Waals surface area contributed by atoms with Crippen LogP contribution in [0.3, 0.4) is 0 Å². The second-order valence-electron chi connectivity index (χ2n) is 12.8. The summed E-state index contributed by atoms with van der Waals surface area (Å²) in [7, 11) is 0. The highest BCUT2D eigenvalue weighted by Crippen LogP contribution is 2.32. The van der Waals surface area contributed by atoms with Gasteiger partial charge in [0.25, 0.3) is 5.91 Å². The Morgan fingerprint density at radius 1 is 0.907 bits per heavy atom. The lowest BCUT2D eigenvalue weighted by molar-refractivity contribution is -0.141. The fraction of sp³-hybridized carbons (Fsp3) is 0.571. The summed E-state index contributed by atoms with van der Waals surface area (Å²) in [4.78, 5) is 43.3. The van der Waals surface area contributed by atoms with Crippen LogP contribution in [0.1, 0.15) is 108 Å². The van der Waals surface area contributed by atoms with Crippen LogP contribution in [0.2, 0.25) is 5.02 Å². The van der Waals surface area contributed by atoms with Crippen molar-refractivity contribution in [3.05, 3.63) is 63.7 Å². The topological polar surface area (TPSA) is 87.7 Å². The molecule has 0 radical (unpaired) electrons. The zero-order valence-corrected chi connectivity index (χ0v) is 28.4. The van der Waals surface area contributed by atoms with E-state index in [1.54, 1.807) is 31.7 Å². The van der Waals surface area contributed by atoms with E-state index in [9.17, 15) is 14.4 Å². The number of benzene rings is 2. The van der Waals surface area contributed by atoms with Crippen molar-refractivity contribution in [3.8, 4) is 0 Å². The molecule has 2 unspecified atom stereocenters. The lowest BCUT2D eigenvalue weighted by atomic mass is 9.93. The number of halogens is 1. The highest BCUT2D eigenvalue weighted by molar-refractivity contribution is 6.34. The molecule has 0 heterocycles. The van der Waals surface area contributed by atoms with E-state index in [-0.39, 0.29) is 17.7 Å². The number of carbonyl (C=O) groups excluding carboxylic acids is 3. The van der Waals surface area contributed by atoms with Crippen molar-refractivity contribution >= 4 is 35.2 Å². The van der Waals surface area contributed by atoms with E-state index < -0.39 is 23.8 Å². The van der Waals surface area contributed by atoms with Crippen LogP contribution in [-0.2, 0) is 14.3 Å². The molecule has 7 nitrogen and oxygen atoms in total. The smallest absolute Gasteiger partial charge is 0.408 e. The normalized spacial score (nSPS) is 12.9. The van der Waals surface area contributed by atoms with Gasteiger partial charge in [0.2, 0.25) is 5.91 Å². The number of nitrogens with zero attached hydrogens (tertiary/aromatic N) is 1. The summed E-state index contributed by atoms with van der Waals surface area (Å²) < 4.78 is 5.50. The van der Waals surface area contributed by atoms with Crippen molar-refractivity contribution < 1.29 is 19.1 Å². The van der Waals surface area contributed by atoms with E-state index >= 15 is 0 Å². The number of ether oxygens (including phenoxy) is 1. The van der Waals surface area contributed by atoms with E-state index in [4.69, 9.17) is 16.3 Å². The third-order valence-electron chi connectivity index (χ3n) is 7.61. The van der Waals surface area contributed by atoms with Crippen molar-refractivity contribution in [2.45, 2.75) is 119 Å². The second kappa shape index (κ2) is 16.7. The molecular formula is C35H52ClN3O4. The zero-order valence-electron chi connectivity index (χ0n) is 27.6. The van der Waals surface area contributed by atoms with Crippen LogP contribution in [0, 0.1) is 26.7 Å². The number of nitrogens with one attached hydrogen (secondary N) is 2. The fourth-order valence-corrected chi connectivity index (χ4v) is 5.33. The zero-order chi connectivity index (χ0) is 32.3. The second-order valence-corrected chi connectivity index (χ2v) is 13.2. The molecule has 2 aromatic rings. The molecule has 0 fully saturated rings. The Bertz CT molecular complexity index is 1220. The van der Waals surface area contributed by atoms with Gasteiger partial charge in [-0.05, 0) is 82.2 Å². The van der Waals surface area contributed by atoms with Crippen LogP contribution in [0.25, 0.3) is 0 Å². The third-order valence-corrected chi connectivity index (χ3v) is 7.93. The summed E-state index contributed by atoms with van der Waals surface area (Å²) in [6, 6.07) is 9.41. The van der Waals surface area contributed by atoms with Crippen molar-refractivity contribution in [2.75, 3.05) is 11.9 Å². The largest absolute Gasteiger partial charge is 0.444 e. The Labute approximate surface area is 264 Å². The maximum Gasteiger partial charge on any atom is 0.408 e. The Hall–Kier alpha value is -3.06. The lowest BCUT2D eigenvalue weighted by Crippen LogP contribution is -2.54. The molecule has 2 atom stereocenters. The summed E-state index contributed by atoms with van der Waals surface area (Å²) in [5, 5.41) is 6.27. The monoisotopic (exact) mass is 613 g/mol. The maximum absolute atomic E-state index is 14.5. The first-order valence-corrected chi connectivity index (χ1v) is 16.0. The Morgan fingerprint density at radius 3 is 2.12 bits per heavy atom. The molecular weight excluding hydrogens is 562 g/mol. The van der Waals surface area contributed by atoms with Gasteiger partial charge in [-0.3, -0.25) is 9.59 Å². The van der Waals surface area contributed by atoms with Crippen molar-refractivity contribution in [1.82, 2.24) is 10.2 Å². The number of hydrogen-bond donors (Lipinski definition) is 2. The molecule has 8 heteroatoms. The van der Waals surface area contributed by atoms with E-state index in [1.807, 2.05) is 65.0 Å². The van der Waals surface area contributed by atoms with Crippen molar-refractivity contribution in [1.29, 1.82) is 0 Å². The van der Waals surface area contributed by atoms with Crippen LogP contribution in [0.5, 0.6) is 0 Å². The summed E-state index contributed by atoms with van der Waals surface area (Å²) in [5.74, 6) is -0.935. The van der Waals surface area contributed by atoms with Crippen LogP contribution in [0.4, 0.5) is 10.5 Å². The number of rotatable bonds is 14. The molecule has 0 bridgehead atoms. The Kier molecular flexibility index (Phi) is 14.0. The van der Waals surface area contributed by atoms with Gasteiger partial charge in [-0.2, -0.15) is 0 Å². The minimum atomic E-state index is -0.944. The van der Waals surface area contributed by atoms with E-state index in [0.717, 1.165) is 54.4 Å². The summed E-state index contributed by atoms with van der Waals surface area (Å²) in [6.07, 6.45) is 5.49. The van der Waals surface area contributed by atoms with Crippen molar-refractivity contribution in [3.63, 3.8) is 0 Å². The molecule has 0 aromatic heterocycles. The molecule has 0 aliphatic rings. The summed E-state index contributed by atoms with van der Waals surface area (Å²) in [6.45, 7) is 17.5. The van der Waals surface area contributed by atoms with E-state index in [1.165, 1.54) is 6.42 Å². The molecule has 0 aliphatic heterocycles. The highest BCUT2D eigenvalue weighted by atomic mass is 35.5. The van der Waals surface area contributed by atoms with Crippen molar-refractivity contribution in [2.24, 2.45) is 5.92 Å². The Morgan fingerprint density at radius 2 is 1.51 bits per heavy atom. The van der Waals surface area contributed by atoms with Crippen LogP contribution >= 0.6 is 11.6 Å². The molecule has 238 valence electrons. The molecule has 2 aromatic carbocycles. The van der Waals surface area contributed by atoms with Gasteiger partial charge < -0.3 is 20.3 Å². The lowest BCUT2D eigenvalue weighted by Gasteiger charge is -2.36. The standard InChI is InChI=1S/C35H52ClN3O4/c1-10-11-12-13-14-15-22-39(33(41)29(23(2)3)38-34(42)43-35(7,8)9)31(27-20-16-18-24(4)26(27)6)32(40)37-30-25(5)19-17-21-28(30)36/h16-21,23,29,31H,10-15,22H2,1-9H3,(H,37,40)(H,38,42). The number of para-hydroxylation sites is 1. The highest BCUT2D eigenvalue weighted by Gasteiger charge is 2.38. The first kappa shape index (κ1) is 36.1. The van der Waals surface area contributed by atoms with Gasteiger partial charge >= 0.3 is 6.09 Å². The number of anilines is 1. The minimum absolute atomic E-state index is 0.250. The molecule has 2 N–H and O–H groups in total. The average Bonchev–Trinajstić information content (AvgIpc) is 2.91. The van der Waals surface area contributed by atoms with Gasteiger partial charge in [-0.25, -0.2) is 4.79 Å². The average molecular weight is 614 g/mol. The number of unbranched alkanes of at least 4 members (excludes halogenated alkanes) is 5.